The lowest BCUT2D eigenvalue weighted by molar-refractivity contribution is -0.167. The highest BCUT2D eigenvalue weighted by Crippen LogP contribution is 2.68. The van der Waals surface area contributed by atoms with Crippen molar-refractivity contribution in [3.63, 3.8) is 0 Å². The first-order chi connectivity index (χ1) is 17.7. The second kappa shape index (κ2) is 11.3. The summed E-state index contributed by atoms with van der Waals surface area (Å²) in [5.74, 6) is 1.69. The summed E-state index contributed by atoms with van der Waals surface area (Å²) in [5.41, 5.74) is -0.337. The van der Waals surface area contributed by atoms with Crippen molar-refractivity contribution in [2.45, 2.75) is 95.3 Å². The SMILES string of the molecule is COC(=O)[C@H]1CC[C@H]2[C@@H]3CC[C@H]4CC(=O)CC[C@]4(C)[C@H]3[C@H](N(CCC(C)C)C(=O)OCC(Cl)(Cl)Cl)C[C@]12C. The predicted molar refractivity (Wildman–Crippen MR) is 149 cm³/mol. The minimum absolute atomic E-state index is 0.0578. The monoisotopic (exact) mass is 591 g/mol. The molecule has 9 heteroatoms. The molecule has 0 radical (unpaired) electrons. The average molecular weight is 593 g/mol. The van der Waals surface area contributed by atoms with Gasteiger partial charge in [0.25, 0.3) is 0 Å². The number of ether oxygens (including phenoxy) is 2. The van der Waals surface area contributed by atoms with Crippen LogP contribution in [-0.2, 0) is 19.1 Å². The second-order valence-corrected chi connectivity index (χ2v) is 15.8. The normalized spacial score (nSPS) is 38.7. The molecule has 4 aliphatic rings. The number of halogens is 3. The highest BCUT2D eigenvalue weighted by molar-refractivity contribution is 6.67. The molecule has 0 unspecified atom stereocenters. The van der Waals surface area contributed by atoms with Crippen LogP contribution in [0.3, 0.4) is 0 Å². The van der Waals surface area contributed by atoms with Gasteiger partial charge < -0.3 is 14.4 Å². The average Bonchev–Trinajstić information content (AvgIpc) is 3.18. The van der Waals surface area contributed by atoms with Crippen molar-refractivity contribution in [1.82, 2.24) is 4.90 Å². The number of amides is 1. The molecule has 0 heterocycles. The van der Waals surface area contributed by atoms with Gasteiger partial charge in [-0.1, -0.05) is 62.5 Å². The molecule has 0 aromatic heterocycles. The van der Waals surface area contributed by atoms with Gasteiger partial charge >= 0.3 is 12.1 Å². The van der Waals surface area contributed by atoms with E-state index < -0.39 is 9.89 Å². The zero-order chi connectivity index (χ0) is 28.0. The molecule has 4 fully saturated rings. The Morgan fingerprint density at radius 3 is 2.45 bits per heavy atom. The van der Waals surface area contributed by atoms with Crippen molar-refractivity contribution in [1.29, 1.82) is 0 Å². The van der Waals surface area contributed by atoms with E-state index in [1.54, 1.807) is 0 Å². The summed E-state index contributed by atoms with van der Waals surface area (Å²) < 4.78 is 9.18. The molecule has 1 amide bonds. The van der Waals surface area contributed by atoms with Crippen LogP contribution in [0.5, 0.6) is 0 Å². The van der Waals surface area contributed by atoms with Crippen molar-refractivity contribution in [2.24, 2.45) is 46.3 Å². The smallest absolute Gasteiger partial charge is 0.410 e. The molecule has 0 aromatic carbocycles. The Hall–Kier alpha value is -0.720. The van der Waals surface area contributed by atoms with E-state index in [1.165, 1.54) is 7.11 Å². The molecule has 4 saturated carbocycles. The van der Waals surface area contributed by atoms with Gasteiger partial charge in [-0.05, 0) is 85.4 Å². The van der Waals surface area contributed by atoms with E-state index in [0.29, 0.717) is 55.3 Å². The number of fused-ring (bicyclic) bond motifs is 5. The molecule has 0 N–H and O–H groups in total. The Morgan fingerprint density at radius 2 is 1.82 bits per heavy atom. The van der Waals surface area contributed by atoms with E-state index >= 15 is 0 Å². The van der Waals surface area contributed by atoms with Gasteiger partial charge in [0.1, 0.15) is 12.4 Å². The Bertz CT molecular complexity index is 922. The number of carbonyl (C=O) groups is 3. The first-order valence-corrected chi connectivity index (χ1v) is 15.4. The van der Waals surface area contributed by atoms with Crippen molar-refractivity contribution in [2.75, 3.05) is 20.3 Å². The fourth-order valence-corrected chi connectivity index (χ4v) is 9.18. The molecule has 0 aromatic rings. The number of nitrogens with zero attached hydrogens (tertiary/aromatic N) is 1. The predicted octanol–water partition coefficient (Wildman–Crippen LogP) is 7.22. The summed E-state index contributed by atoms with van der Waals surface area (Å²) >= 11 is 17.8. The number of esters is 1. The lowest BCUT2D eigenvalue weighted by Gasteiger charge is -2.64. The zero-order valence-electron chi connectivity index (χ0n) is 23.4. The van der Waals surface area contributed by atoms with Gasteiger partial charge in [0.05, 0.1) is 13.0 Å². The third-order valence-electron chi connectivity index (χ3n) is 10.8. The molecule has 6 nitrogen and oxygen atoms in total. The summed E-state index contributed by atoms with van der Waals surface area (Å²) in [4.78, 5) is 41.1. The second-order valence-electron chi connectivity index (χ2n) is 13.3. The molecule has 4 rings (SSSR count). The maximum absolute atomic E-state index is 13.7. The molecule has 0 saturated heterocycles. The first-order valence-electron chi connectivity index (χ1n) is 14.3. The molecule has 0 spiro atoms. The summed E-state index contributed by atoms with van der Waals surface area (Å²) in [6, 6.07) is -0.130. The number of hydrogen-bond donors (Lipinski definition) is 0. The first kappa shape index (κ1) is 30.2. The van der Waals surface area contributed by atoms with E-state index in [4.69, 9.17) is 44.3 Å². The third kappa shape index (κ3) is 5.70. The van der Waals surface area contributed by atoms with Crippen LogP contribution in [0.15, 0.2) is 0 Å². The van der Waals surface area contributed by atoms with Crippen LogP contribution >= 0.6 is 34.8 Å². The lowest BCUT2D eigenvalue weighted by atomic mass is 9.43. The van der Waals surface area contributed by atoms with Crippen LogP contribution in [0.25, 0.3) is 0 Å². The summed E-state index contributed by atoms with van der Waals surface area (Å²) in [5, 5.41) is 0. The number of methoxy groups -OCH3 is 1. The fraction of sp³-hybridized carbons (Fsp3) is 0.897. The largest absolute Gasteiger partial charge is 0.469 e. The summed E-state index contributed by atoms with van der Waals surface area (Å²) in [7, 11) is 1.47. The highest BCUT2D eigenvalue weighted by Gasteiger charge is 2.65. The van der Waals surface area contributed by atoms with E-state index in [9.17, 15) is 14.4 Å². The fourth-order valence-electron chi connectivity index (χ4n) is 9.02. The number of rotatable bonds is 6. The van der Waals surface area contributed by atoms with E-state index in [0.717, 1.165) is 38.5 Å². The quantitative estimate of drug-likeness (QED) is 0.240. The maximum Gasteiger partial charge on any atom is 0.410 e. The minimum Gasteiger partial charge on any atom is -0.469 e. The van der Waals surface area contributed by atoms with Crippen LogP contribution in [0.4, 0.5) is 4.79 Å². The number of ketones is 1. The van der Waals surface area contributed by atoms with Gasteiger partial charge in [-0.3, -0.25) is 9.59 Å². The Morgan fingerprint density at radius 1 is 1.11 bits per heavy atom. The molecule has 4 aliphatic carbocycles. The topological polar surface area (TPSA) is 72.9 Å². The Balaban J connectivity index is 1.77. The number of hydrogen-bond acceptors (Lipinski definition) is 5. The lowest BCUT2D eigenvalue weighted by Crippen LogP contribution is -2.64. The standard InChI is InChI=1S/C29H44Cl3NO5/c1-17(2)11-13-33(26(36)38-16-29(30,31)32)23-15-28(4)21(8-9-22(28)25(35)37-5)20-7-6-18-14-19(34)10-12-27(18,3)24(20)23/h17-18,20-24H,6-16H2,1-5H3/t18-,20-,21-,22+,23+,24+,27-,28-/m0/s1. The number of Topliss-reactive ketones (excluding diaryl/α,β-unsaturated/α-hetero) is 1. The van der Waals surface area contributed by atoms with Crippen LogP contribution in [0, 0.1) is 46.3 Å². The molecular formula is C29H44Cl3NO5. The maximum atomic E-state index is 13.7. The molecule has 216 valence electrons. The van der Waals surface area contributed by atoms with Gasteiger partial charge in [-0.2, -0.15) is 0 Å². The molecular weight excluding hydrogens is 549 g/mol. The van der Waals surface area contributed by atoms with Gasteiger partial charge in [-0.15, -0.1) is 0 Å². The van der Waals surface area contributed by atoms with Crippen LogP contribution in [-0.4, -0.2) is 52.8 Å². The van der Waals surface area contributed by atoms with Crippen LogP contribution < -0.4 is 0 Å². The highest BCUT2D eigenvalue weighted by atomic mass is 35.6. The number of alkyl halides is 3. The van der Waals surface area contributed by atoms with Crippen molar-refractivity contribution in [3.8, 4) is 0 Å². The third-order valence-corrected chi connectivity index (χ3v) is 11.2. The minimum atomic E-state index is -1.70. The summed E-state index contributed by atoms with van der Waals surface area (Å²) in [6.45, 7) is 9.09. The van der Waals surface area contributed by atoms with Gasteiger partial charge in [0.15, 0.2) is 0 Å². The van der Waals surface area contributed by atoms with Gasteiger partial charge in [0, 0.05) is 25.4 Å². The van der Waals surface area contributed by atoms with Crippen molar-refractivity contribution in [3.05, 3.63) is 0 Å². The van der Waals surface area contributed by atoms with E-state index in [2.05, 4.69) is 27.7 Å². The molecule has 8 atom stereocenters. The zero-order valence-corrected chi connectivity index (χ0v) is 25.7. The van der Waals surface area contributed by atoms with Crippen LogP contribution in [0.2, 0.25) is 0 Å². The molecule has 0 bridgehead atoms. The van der Waals surface area contributed by atoms with Crippen LogP contribution in [0.1, 0.15) is 85.5 Å². The summed E-state index contributed by atoms with van der Waals surface area (Å²) in [6.07, 6.45) is 6.97. The number of carbonyl (C=O) groups excluding carboxylic acids is 3. The van der Waals surface area contributed by atoms with E-state index in [-0.39, 0.29) is 41.3 Å². The van der Waals surface area contributed by atoms with E-state index in [1.807, 2.05) is 4.90 Å². The van der Waals surface area contributed by atoms with Crippen molar-refractivity contribution < 1.29 is 23.9 Å². The molecule has 0 aliphatic heterocycles. The van der Waals surface area contributed by atoms with Gasteiger partial charge in [0.2, 0.25) is 3.79 Å². The van der Waals surface area contributed by atoms with Gasteiger partial charge in [-0.25, -0.2) is 4.79 Å². The Labute approximate surface area is 242 Å². The molecule has 38 heavy (non-hydrogen) atoms. The Kier molecular flexibility index (Phi) is 8.98. The van der Waals surface area contributed by atoms with Crippen molar-refractivity contribution >= 4 is 52.6 Å².